The van der Waals surface area contributed by atoms with Crippen LogP contribution in [0.2, 0.25) is 0 Å². The van der Waals surface area contributed by atoms with E-state index in [2.05, 4.69) is 0 Å². The van der Waals surface area contributed by atoms with E-state index in [9.17, 15) is 46.0 Å². The average molecular weight is 799 g/mol. The molecule has 0 radical (unpaired) electrons. The van der Waals surface area contributed by atoms with Crippen molar-refractivity contribution < 1.29 is 105 Å². The first kappa shape index (κ1) is 45.9. The number of hydrogen-bond acceptors (Lipinski definition) is 17. The molecule has 0 spiro atoms. The summed E-state index contributed by atoms with van der Waals surface area (Å²) in [6, 6.07) is 0. The zero-order valence-electron chi connectivity index (χ0n) is 29.4. The number of nitrogens with zero attached hydrogens (tertiary/aromatic N) is 1. The molecule has 19 heteroatoms. The van der Waals surface area contributed by atoms with E-state index < -0.39 is 111 Å². The van der Waals surface area contributed by atoms with Crippen molar-refractivity contribution in [2.45, 2.75) is 79.5 Å². The highest BCUT2D eigenvalue weighted by molar-refractivity contribution is 4.95. The number of likely N-dealkylation sites (N-methyl/N-ethyl adjacent to an activating group) is 1. The number of quaternary nitrogens is 1. The van der Waals surface area contributed by atoms with Gasteiger partial charge in [-0.3, -0.25) is 0 Å². The number of hydrogen-bond donors (Lipinski definition) is 9. The highest BCUT2D eigenvalue weighted by Crippen LogP contribution is 2.31. The third kappa shape index (κ3) is 12.4. The van der Waals surface area contributed by atoms with E-state index in [1.165, 1.54) is 14.2 Å². The molecule has 3 rings (SSSR count). The molecular weight excluding hydrogens is 738 g/mol. The number of ether oxygens (including phenoxy) is 8. The van der Waals surface area contributed by atoms with Gasteiger partial charge < -0.3 is 105 Å². The summed E-state index contributed by atoms with van der Waals surface area (Å²) in [6.45, 7) is -1.38. The fourth-order valence-corrected chi connectivity index (χ4v) is 6.63. The molecule has 3 aliphatic heterocycles. The van der Waals surface area contributed by atoms with Crippen molar-refractivity contribution in [1.82, 2.24) is 0 Å². The summed E-state index contributed by atoms with van der Waals surface area (Å²) in [5, 5.41) is 94.4. The van der Waals surface area contributed by atoms with Crippen molar-refractivity contribution in [2.75, 3.05) is 101 Å². The van der Waals surface area contributed by atoms with E-state index in [0.717, 1.165) is 0 Å². The number of aliphatic hydroxyl groups excluding tert-OH is 9. The van der Waals surface area contributed by atoms with E-state index in [1.807, 2.05) is 21.1 Å². The predicted octanol–water partition coefficient (Wildman–Crippen LogP) is -8.34. The summed E-state index contributed by atoms with van der Waals surface area (Å²) in [7, 11) is 8.50. The Kier molecular flexibility index (Phi) is 19.8. The highest BCUT2D eigenvalue weighted by Gasteiger charge is 2.48. The Morgan fingerprint density at radius 3 is 1.48 bits per heavy atom. The van der Waals surface area contributed by atoms with Gasteiger partial charge in [-0.05, 0) is 0 Å². The van der Waals surface area contributed by atoms with Gasteiger partial charge in [0.05, 0.1) is 117 Å². The molecule has 3 heterocycles. The third-order valence-corrected chi connectivity index (χ3v) is 9.33. The first-order valence-electron chi connectivity index (χ1n) is 16.7. The maximum absolute atomic E-state index is 11.2. The van der Waals surface area contributed by atoms with Crippen LogP contribution in [0.25, 0.3) is 0 Å². The van der Waals surface area contributed by atoms with Gasteiger partial charge in [0.25, 0.3) is 0 Å². The molecule has 3 saturated heterocycles. The van der Waals surface area contributed by atoms with Crippen molar-refractivity contribution in [3.8, 4) is 0 Å². The van der Waals surface area contributed by atoms with Crippen LogP contribution in [-0.2, 0) is 37.9 Å². The summed E-state index contributed by atoms with van der Waals surface area (Å²) in [5.74, 6) is -2.35. The van der Waals surface area contributed by atoms with Crippen LogP contribution in [-0.4, -0.2) is 231 Å². The van der Waals surface area contributed by atoms with Crippen molar-refractivity contribution in [3.05, 3.63) is 0 Å². The first-order valence-corrected chi connectivity index (χ1v) is 16.7. The SMILES string of the molecule is COCC1C(CO)OC(COCC2C(COCC(O)C[N+](C)(C)C)OC(COCC3C(CO)OC(OC)C(O)C3O)C(O)C2O)C(O)C1O.[Br-]. The van der Waals surface area contributed by atoms with Crippen LogP contribution in [0.4, 0.5) is 0 Å². The lowest BCUT2D eigenvalue weighted by molar-refractivity contribution is -0.873. The molecular formula is C31H60BrNO17. The summed E-state index contributed by atoms with van der Waals surface area (Å²) in [4.78, 5) is 0. The smallest absolute Gasteiger partial charge is 0.186 e. The number of aliphatic hydroxyl groups is 9. The molecule has 0 aliphatic carbocycles. The van der Waals surface area contributed by atoms with E-state index in [1.54, 1.807) is 0 Å². The van der Waals surface area contributed by atoms with Crippen LogP contribution in [0.1, 0.15) is 0 Å². The Labute approximate surface area is 303 Å². The van der Waals surface area contributed by atoms with Gasteiger partial charge in [-0.2, -0.15) is 0 Å². The molecule has 0 amide bonds. The van der Waals surface area contributed by atoms with Gasteiger partial charge in [-0.1, -0.05) is 0 Å². The minimum absolute atomic E-state index is 0. The van der Waals surface area contributed by atoms with Crippen molar-refractivity contribution in [2.24, 2.45) is 17.8 Å². The largest absolute Gasteiger partial charge is 1.00 e. The highest BCUT2D eigenvalue weighted by atomic mass is 79.9. The van der Waals surface area contributed by atoms with E-state index in [4.69, 9.17) is 37.9 Å². The summed E-state index contributed by atoms with van der Waals surface area (Å²) < 4.78 is 45.4. The molecule has 298 valence electrons. The normalized spacial score (nSPS) is 40.3. The van der Waals surface area contributed by atoms with Gasteiger partial charge in [0.15, 0.2) is 6.29 Å². The second-order valence-corrected chi connectivity index (χ2v) is 14.2. The summed E-state index contributed by atoms with van der Waals surface area (Å²) >= 11 is 0. The number of methoxy groups -OCH3 is 2. The molecule has 0 aromatic rings. The minimum atomic E-state index is -1.45. The third-order valence-electron chi connectivity index (χ3n) is 9.33. The average Bonchev–Trinajstić information content (AvgIpc) is 3.05. The number of halogens is 1. The second-order valence-electron chi connectivity index (χ2n) is 14.2. The van der Waals surface area contributed by atoms with Gasteiger partial charge in [0.2, 0.25) is 0 Å². The molecule has 3 aliphatic rings. The fourth-order valence-electron chi connectivity index (χ4n) is 6.63. The quantitative estimate of drug-likeness (QED) is 0.0550. The molecule has 18 nitrogen and oxygen atoms in total. The Hall–Kier alpha value is -0.240. The van der Waals surface area contributed by atoms with Crippen molar-refractivity contribution >= 4 is 0 Å². The van der Waals surface area contributed by atoms with Crippen molar-refractivity contribution in [3.63, 3.8) is 0 Å². The molecule has 50 heavy (non-hydrogen) atoms. The monoisotopic (exact) mass is 797 g/mol. The van der Waals surface area contributed by atoms with Gasteiger partial charge in [0, 0.05) is 32.0 Å². The van der Waals surface area contributed by atoms with Crippen LogP contribution in [0.5, 0.6) is 0 Å². The first-order chi connectivity index (χ1) is 23.2. The molecule has 9 N–H and O–H groups in total. The van der Waals surface area contributed by atoms with Gasteiger partial charge in [-0.25, -0.2) is 0 Å². The summed E-state index contributed by atoms with van der Waals surface area (Å²) in [5.41, 5.74) is 0. The zero-order chi connectivity index (χ0) is 36.5. The summed E-state index contributed by atoms with van der Waals surface area (Å²) in [6.07, 6.45) is -14.7. The lowest BCUT2D eigenvalue weighted by Gasteiger charge is -2.44. The Morgan fingerprint density at radius 2 is 1.00 bits per heavy atom. The topological polar surface area (TPSA) is 256 Å². The minimum Gasteiger partial charge on any atom is -1.00 e. The zero-order valence-corrected chi connectivity index (χ0v) is 31.0. The van der Waals surface area contributed by atoms with Crippen LogP contribution >= 0.6 is 0 Å². The molecule has 0 saturated carbocycles. The molecule has 0 aromatic heterocycles. The predicted molar refractivity (Wildman–Crippen MR) is 167 cm³/mol. The van der Waals surface area contributed by atoms with Crippen LogP contribution in [0.3, 0.4) is 0 Å². The van der Waals surface area contributed by atoms with E-state index in [0.29, 0.717) is 11.0 Å². The molecule has 16 atom stereocenters. The van der Waals surface area contributed by atoms with Gasteiger partial charge >= 0.3 is 0 Å². The Morgan fingerprint density at radius 1 is 0.560 bits per heavy atom. The van der Waals surface area contributed by atoms with Crippen LogP contribution in [0, 0.1) is 17.8 Å². The Bertz CT molecular complexity index is 934. The van der Waals surface area contributed by atoms with Crippen LogP contribution < -0.4 is 17.0 Å². The molecule has 16 unspecified atom stereocenters. The van der Waals surface area contributed by atoms with Gasteiger partial charge in [-0.15, -0.1) is 0 Å². The molecule has 3 fully saturated rings. The van der Waals surface area contributed by atoms with Crippen molar-refractivity contribution in [1.29, 1.82) is 0 Å². The number of rotatable bonds is 19. The second kappa shape index (κ2) is 21.6. The lowest BCUT2D eigenvalue weighted by atomic mass is 9.86. The lowest BCUT2D eigenvalue weighted by Crippen LogP contribution is -3.00. The standard InChI is InChI=1S/C31H60NO17.BrH/c1-32(2,3)6-16(35)9-44-13-22-19(12-46-14-23-28(39)25(36)17(10-42-4)20(7-33)47-23)26(37)29(40)24(48-22)15-45-11-18-21(8-34)49-31(43-5)30(41)27(18)38;/h16-31,33-41H,6-15H2,1-5H3;1H/q+1;/p-1. The fraction of sp³-hybridized carbons (Fsp3) is 1.00. The molecule has 0 bridgehead atoms. The Balaban J connectivity index is 0.00000867. The maximum Gasteiger partial charge on any atom is 0.186 e. The molecule has 0 aromatic carbocycles. The maximum atomic E-state index is 11.2. The van der Waals surface area contributed by atoms with Gasteiger partial charge in [0.1, 0.15) is 43.2 Å². The van der Waals surface area contributed by atoms with E-state index >= 15 is 0 Å². The van der Waals surface area contributed by atoms with E-state index in [-0.39, 0.29) is 63.2 Å². The van der Waals surface area contributed by atoms with Crippen LogP contribution in [0.15, 0.2) is 0 Å².